The fraction of sp³-hybridized carbons (Fsp3) is 0.278. The van der Waals surface area contributed by atoms with Gasteiger partial charge in [0.1, 0.15) is 5.75 Å². The van der Waals surface area contributed by atoms with Gasteiger partial charge in [-0.2, -0.15) is 0 Å². The summed E-state index contributed by atoms with van der Waals surface area (Å²) >= 11 is 5.80. The fourth-order valence-corrected chi connectivity index (χ4v) is 2.45. The molecule has 1 heterocycles. The highest BCUT2D eigenvalue weighted by Gasteiger charge is 2.21. The molecule has 1 aromatic carbocycles. The van der Waals surface area contributed by atoms with Crippen molar-refractivity contribution in [3.05, 3.63) is 52.1 Å². The molecule has 0 saturated carbocycles. The van der Waals surface area contributed by atoms with E-state index in [9.17, 15) is 4.39 Å². The van der Waals surface area contributed by atoms with Gasteiger partial charge in [-0.1, -0.05) is 25.4 Å². The van der Waals surface area contributed by atoms with Gasteiger partial charge in [0.25, 0.3) is 0 Å². The first-order valence-corrected chi connectivity index (χ1v) is 7.59. The van der Waals surface area contributed by atoms with Gasteiger partial charge in [0.15, 0.2) is 11.6 Å². The van der Waals surface area contributed by atoms with Gasteiger partial charge in [-0.15, -0.1) is 0 Å². The summed E-state index contributed by atoms with van der Waals surface area (Å²) in [6.07, 6.45) is 4.89. The van der Waals surface area contributed by atoms with Crippen LogP contribution in [-0.4, -0.2) is 19.2 Å². The summed E-state index contributed by atoms with van der Waals surface area (Å²) in [7, 11) is 3.02. The zero-order valence-corrected chi connectivity index (χ0v) is 14.3. The summed E-state index contributed by atoms with van der Waals surface area (Å²) in [6.45, 7) is 3.93. The Bertz CT molecular complexity index is 712. The molecule has 0 aliphatic carbocycles. The van der Waals surface area contributed by atoms with E-state index in [-0.39, 0.29) is 11.7 Å². The van der Waals surface area contributed by atoms with Gasteiger partial charge in [0, 0.05) is 17.3 Å². The van der Waals surface area contributed by atoms with Gasteiger partial charge >= 0.3 is 0 Å². The predicted octanol–water partition coefficient (Wildman–Crippen LogP) is 5.19. The molecule has 0 N–H and O–H groups in total. The molecular weight excluding hydrogens is 317 g/mol. The maximum atomic E-state index is 14.7. The highest BCUT2D eigenvalue weighted by Crippen LogP contribution is 2.39. The molecule has 0 aliphatic heterocycles. The van der Waals surface area contributed by atoms with Crippen LogP contribution in [0.25, 0.3) is 12.2 Å². The van der Waals surface area contributed by atoms with Crippen molar-refractivity contribution >= 4 is 23.8 Å². The van der Waals surface area contributed by atoms with Crippen LogP contribution in [0.4, 0.5) is 4.39 Å². The highest BCUT2D eigenvalue weighted by atomic mass is 35.5. The third kappa shape index (κ3) is 3.82. The van der Waals surface area contributed by atoms with E-state index in [1.165, 1.54) is 7.11 Å². The number of hydrogen-bond acceptors (Lipinski definition) is 3. The third-order valence-corrected chi connectivity index (χ3v) is 3.66. The quantitative estimate of drug-likeness (QED) is 0.754. The molecule has 1 aromatic heterocycles. The number of nitrogens with zero attached hydrogens (tertiary/aromatic N) is 1. The SMILES string of the molecule is COc1cc(C=Cc2ccc(Cl)cn2)c(F)c(OC)c1C(C)C. The Balaban J connectivity index is 2.48. The zero-order chi connectivity index (χ0) is 17.0. The number of aromatic nitrogens is 1. The molecule has 0 radical (unpaired) electrons. The van der Waals surface area contributed by atoms with Crippen molar-refractivity contribution in [2.24, 2.45) is 0 Å². The molecule has 0 fully saturated rings. The van der Waals surface area contributed by atoms with Crippen molar-refractivity contribution < 1.29 is 13.9 Å². The molecular formula is C18H19ClFNO2. The van der Waals surface area contributed by atoms with E-state index in [4.69, 9.17) is 21.1 Å². The monoisotopic (exact) mass is 335 g/mol. The lowest BCUT2D eigenvalue weighted by atomic mass is 9.97. The number of hydrogen-bond donors (Lipinski definition) is 0. The Labute approximate surface area is 140 Å². The summed E-state index contributed by atoms with van der Waals surface area (Å²) in [5.74, 6) is 0.470. The van der Waals surface area contributed by atoms with Crippen molar-refractivity contribution in [1.29, 1.82) is 0 Å². The average Bonchev–Trinajstić information content (AvgIpc) is 2.54. The lowest BCUT2D eigenvalue weighted by molar-refractivity contribution is 0.362. The Kier molecular flexibility index (Phi) is 5.61. The smallest absolute Gasteiger partial charge is 0.172 e. The van der Waals surface area contributed by atoms with Crippen LogP contribution < -0.4 is 9.47 Å². The van der Waals surface area contributed by atoms with Crippen LogP contribution in [0.5, 0.6) is 11.5 Å². The number of benzene rings is 1. The van der Waals surface area contributed by atoms with Crippen molar-refractivity contribution in [1.82, 2.24) is 4.98 Å². The molecule has 0 amide bonds. The van der Waals surface area contributed by atoms with Crippen LogP contribution in [0, 0.1) is 5.82 Å². The molecule has 0 spiro atoms. The summed E-state index contributed by atoms with van der Waals surface area (Å²) in [6, 6.07) is 5.15. The first kappa shape index (κ1) is 17.3. The van der Waals surface area contributed by atoms with Gasteiger partial charge in [-0.3, -0.25) is 4.98 Å². The lowest BCUT2D eigenvalue weighted by Gasteiger charge is -2.18. The largest absolute Gasteiger partial charge is 0.496 e. The van der Waals surface area contributed by atoms with E-state index >= 15 is 0 Å². The molecule has 0 saturated heterocycles. The van der Waals surface area contributed by atoms with Crippen molar-refractivity contribution in [3.8, 4) is 11.5 Å². The summed E-state index contributed by atoms with van der Waals surface area (Å²) in [5, 5.41) is 0.554. The van der Waals surface area contributed by atoms with Crippen LogP contribution in [0.15, 0.2) is 24.4 Å². The van der Waals surface area contributed by atoms with E-state index in [0.717, 1.165) is 0 Å². The van der Waals surface area contributed by atoms with E-state index in [1.54, 1.807) is 43.7 Å². The molecule has 0 bridgehead atoms. The van der Waals surface area contributed by atoms with Gasteiger partial charge < -0.3 is 9.47 Å². The van der Waals surface area contributed by atoms with Gasteiger partial charge in [0.2, 0.25) is 0 Å². The molecule has 122 valence electrons. The second-order valence-electron chi connectivity index (χ2n) is 5.32. The number of ether oxygens (including phenoxy) is 2. The van der Waals surface area contributed by atoms with E-state index in [0.29, 0.717) is 27.6 Å². The Morgan fingerprint density at radius 1 is 1.17 bits per heavy atom. The Morgan fingerprint density at radius 2 is 1.91 bits per heavy atom. The van der Waals surface area contributed by atoms with E-state index in [2.05, 4.69) is 4.98 Å². The minimum atomic E-state index is -0.415. The zero-order valence-electron chi connectivity index (χ0n) is 13.6. The van der Waals surface area contributed by atoms with Crippen LogP contribution >= 0.6 is 11.6 Å². The minimum absolute atomic E-state index is 0.0744. The molecule has 5 heteroatoms. The Hall–Kier alpha value is -2.07. The van der Waals surface area contributed by atoms with Gasteiger partial charge in [-0.25, -0.2) is 4.39 Å². The summed E-state index contributed by atoms with van der Waals surface area (Å²) < 4.78 is 25.4. The van der Waals surface area contributed by atoms with E-state index in [1.807, 2.05) is 13.8 Å². The normalized spacial score (nSPS) is 11.3. The first-order chi connectivity index (χ1) is 11.0. The first-order valence-electron chi connectivity index (χ1n) is 7.22. The highest BCUT2D eigenvalue weighted by molar-refractivity contribution is 6.30. The second-order valence-corrected chi connectivity index (χ2v) is 5.75. The third-order valence-electron chi connectivity index (χ3n) is 3.43. The fourth-order valence-electron chi connectivity index (χ4n) is 2.34. The molecule has 0 aliphatic rings. The minimum Gasteiger partial charge on any atom is -0.496 e. The molecule has 2 rings (SSSR count). The van der Waals surface area contributed by atoms with Gasteiger partial charge in [0.05, 0.1) is 24.9 Å². The predicted molar refractivity (Wildman–Crippen MR) is 91.8 cm³/mol. The van der Waals surface area contributed by atoms with Crippen LogP contribution in [0.3, 0.4) is 0 Å². The molecule has 0 atom stereocenters. The summed E-state index contributed by atoms with van der Waals surface area (Å²) in [5.41, 5.74) is 1.77. The van der Waals surface area contributed by atoms with Crippen LogP contribution in [0.1, 0.15) is 36.6 Å². The molecule has 0 unspecified atom stereocenters. The lowest BCUT2D eigenvalue weighted by Crippen LogP contribution is -2.03. The van der Waals surface area contributed by atoms with Crippen LogP contribution in [-0.2, 0) is 0 Å². The number of pyridine rings is 1. The van der Waals surface area contributed by atoms with Gasteiger partial charge in [-0.05, 0) is 36.3 Å². The number of methoxy groups -OCH3 is 2. The van der Waals surface area contributed by atoms with Crippen molar-refractivity contribution in [3.63, 3.8) is 0 Å². The number of rotatable bonds is 5. The Morgan fingerprint density at radius 3 is 2.43 bits per heavy atom. The van der Waals surface area contributed by atoms with Crippen LogP contribution in [0.2, 0.25) is 5.02 Å². The standard InChI is InChI=1S/C18H19ClFNO2/c1-11(2)16-15(22-3)9-12(17(20)18(16)23-4)5-7-14-8-6-13(19)10-21-14/h5-11H,1-4H3. The molecule has 2 aromatic rings. The topological polar surface area (TPSA) is 31.4 Å². The molecule has 23 heavy (non-hydrogen) atoms. The maximum Gasteiger partial charge on any atom is 0.172 e. The average molecular weight is 336 g/mol. The summed E-state index contributed by atoms with van der Waals surface area (Å²) in [4.78, 5) is 4.15. The second kappa shape index (κ2) is 7.47. The molecule has 3 nitrogen and oxygen atoms in total. The number of halogens is 2. The maximum absolute atomic E-state index is 14.7. The van der Waals surface area contributed by atoms with E-state index < -0.39 is 5.82 Å². The van der Waals surface area contributed by atoms with Crippen molar-refractivity contribution in [2.75, 3.05) is 14.2 Å². The van der Waals surface area contributed by atoms with Crippen molar-refractivity contribution in [2.45, 2.75) is 19.8 Å².